The molecule has 0 aliphatic carbocycles. The number of rotatable bonds is 5. The van der Waals surface area contributed by atoms with Crippen LogP contribution < -0.4 is 10.6 Å². The molecular weight excluding hydrogens is 366 g/mol. The van der Waals surface area contributed by atoms with Gasteiger partial charge in [0.2, 0.25) is 5.91 Å². The van der Waals surface area contributed by atoms with Crippen LogP contribution in [0, 0.1) is 0 Å². The maximum absolute atomic E-state index is 11.7. The van der Waals surface area contributed by atoms with E-state index in [1.807, 2.05) is 0 Å². The molecule has 0 spiro atoms. The molecule has 23 heavy (non-hydrogen) atoms. The summed E-state index contributed by atoms with van der Waals surface area (Å²) in [5, 5.41) is 5.20. The van der Waals surface area contributed by atoms with Crippen molar-refractivity contribution >= 4 is 45.1 Å². The summed E-state index contributed by atoms with van der Waals surface area (Å²) in [6, 6.07) is 8.13. The van der Waals surface area contributed by atoms with Gasteiger partial charge < -0.3 is 20.4 Å². The minimum Gasteiger partial charge on any atom is -0.451 e. The fourth-order valence-electron chi connectivity index (χ4n) is 1.73. The first kappa shape index (κ1) is 16.8. The highest BCUT2D eigenvalue weighted by Crippen LogP contribution is 2.14. The molecule has 2 rings (SSSR count). The molecule has 120 valence electrons. The van der Waals surface area contributed by atoms with E-state index < -0.39 is 18.5 Å². The van der Waals surface area contributed by atoms with Crippen LogP contribution in [-0.4, -0.2) is 29.4 Å². The molecule has 1 aromatic heterocycles. The lowest BCUT2D eigenvalue weighted by molar-refractivity contribution is -0.119. The van der Waals surface area contributed by atoms with E-state index in [0.717, 1.165) is 0 Å². The first-order valence-electron chi connectivity index (χ1n) is 6.62. The second-order valence-corrected chi connectivity index (χ2v) is 5.53. The van der Waals surface area contributed by atoms with Gasteiger partial charge in [-0.15, -0.1) is 0 Å². The van der Waals surface area contributed by atoms with E-state index in [2.05, 4.69) is 31.5 Å². The van der Waals surface area contributed by atoms with Crippen LogP contribution in [0.4, 0.5) is 11.4 Å². The van der Waals surface area contributed by atoms with Gasteiger partial charge in [0.05, 0.1) is 0 Å². The van der Waals surface area contributed by atoms with Crippen molar-refractivity contribution < 1.29 is 19.1 Å². The number of halogens is 1. The second kappa shape index (κ2) is 7.59. The third-order valence-corrected chi connectivity index (χ3v) is 3.15. The first-order chi connectivity index (χ1) is 10.9. The smallest absolute Gasteiger partial charge is 0.355 e. The topological polar surface area (TPSA) is 100 Å². The van der Waals surface area contributed by atoms with Crippen LogP contribution in [0.1, 0.15) is 17.4 Å². The molecule has 7 nitrogen and oxygen atoms in total. The van der Waals surface area contributed by atoms with Crippen LogP contribution in [0.3, 0.4) is 0 Å². The first-order valence-corrected chi connectivity index (χ1v) is 7.42. The number of hydrogen-bond acceptors (Lipinski definition) is 4. The number of carbonyl (C=O) groups excluding carboxylic acids is 3. The zero-order chi connectivity index (χ0) is 16.8. The van der Waals surface area contributed by atoms with E-state index in [9.17, 15) is 14.4 Å². The molecule has 0 unspecified atom stereocenters. The molecule has 0 saturated carbocycles. The highest BCUT2D eigenvalue weighted by Gasteiger charge is 2.12. The normalized spacial score (nSPS) is 10.0. The fourth-order valence-corrected chi connectivity index (χ4v) is 2.08. The second-order valence-electron chi connectivity index (χ2n) is 4.61. The van der Waals surface area contributed by atoms with Crippen molar-refractivity contribution in [2.75, 3.05) is 17.2 Å². The maximum Gasteiger partial charge on any atom is 0.355 e. The van der Waals surface area contributed by atoms with Gasteiger partial charge >= 0.3 is 5.97 Å². The number of hydrogen-bond donors (Lipinski definition) is 3. The molecule has 0 bridgehead atoms. The molecular formula is C15H14BrN3O4. The minimum atomic E-state index is -0.619. The molecule has 8 heteroatoms. The molecule has 2 amide bonds. The average molecular weight is 380 g/mol. The van der Waals surface area contributed by atoms with E-state index in [1.54, 1.807) is 36.5 Å². The molecule has 0 radical (unpaired) electrons. The third kappa shape index (κ3) is 5.26. The van der Waals surface area contributed by atoms with Gasteiger partial charge in [0.1, 0.15) is 5.69 Å². The van der Waals surface area contributed by atoms with Gasteiger partial charge in [-0.05, 0) is 46.3 Å². The molecule has 0 atom stereocenters. The summed E-state index contributed by atoms with van der Waals surface area (Å²) in [6.45, 7) is 1.01. The van der Waals surface area contributed by atoms with Crippen LogP contribution in [0.25, 0.3) is 0 Å². The summed E-state index contributed by atoms with van der Waals surface area (Å²) in [5.74, 6) is -1.26. The zero-order valence-corrected chi connectivity index (χ0v) is 13.8. The molecule has 0 saturated heterocycles. The molecule has 0 aliphatic heterocycles. The Hall–Kier alpha value is -2.61. The molecule has 2 aromatic rings. The molecule has 1 aromatic carbocycles. The summed E-state index contributed by atoms with van der Waals surface area (Å²) < 4.78 is 5.61. The number of benzene rings is 1. The standard InChI is InChI=1S/C15H14BrN3O4/c1-9(20)18-11-2-4-12(5-3-11)19-14(21)8-23-15(22)13-6-10(16)7-17-13/h2-7,17H,8H2,1H3,(H,18,20)(H,19,21). The Bertz CT molecular complexity index is 725. The Labute approximate surface area is 140 Å². The highest BCUT2D eigenvalue weighted by atomic mass is 79.9. The van der Waals surface area contributed by atoms with Crippen LogP contribution in [0.2, 0.25) is 0 Å². The molecule has 1 heterocycles. The zero-order valence-electron chi connectivity index (χ0n) is 12.2. The van der Waals surface area contributed by atoms with Gasteiger partial charge in [0.15, 0.2) is 6.61 Å². The van der Waals surface area contributed by atoms with Crippen LogP contribution in [0.5, 0.6) is 0 Å². The maximum atomic E-state index is 11.7. The summed E-state index contributed by atoms with van der Waals surface area (Å²) in [7, 11) is 0. The third-order valence-electron chi connectivity index (χ3n) is 2.69. The van der Waals surface area contributed by atoms with Crippen molar-refractivity contribution in [1.82, 2.24) is 4.98 Å². The Morgan fingerprint density at radius 1 is 1.13 bits per heavy atom. The number of amides is 2. The van der Waals surface area contributed by atoms with E-state index in [-0.39, 0.29) is 11.6 Å². The molecule has 0 fully saturated rings. The lowest BCUT2D eigenvalue weighted by Gasteiger charge is -2.07. The Morgan fingerprint density at radius 2 is 1.74 bits per heavy atom. The molecule has 0 aliphatic rings. The van der Waals surface area contributed by atoms with Crippen molar-refractivity contribution in [2.45, 2.75) is 6.92 Å². The van der Waals surface area contributed by atoms with Crippen LogP contribution >= 0.6 is 15.9 Å². The average Bonchev–Trinajstić information content (AvgIpc) is 2.93. The minimum absolute atomic E-state index is 0.176. The SMILES string of the molecule is CC(=O)Nc1ccc(NC(=O)COC(=O)c2cc(Br)c[nH]2)cc1. The monoisotopic (exact) mass is 379 g/mol. The van der Waals surface area contributed by atoms with Crippen molar-refractivity contribution in [1.29, 1.82) is 0 Å². The van der Waals surface area contributed by atoms with E-state index >= 15 is 0 Å². The highest BCUT2D eigenvalue weighted by molar-refractivity contribution is 9.10. The van der Waals surface area contributed by atoms with E-state index in [0.29, 0.717) is 15.8 Å². The van der Waals surface area contributed by atoms with Gasteiger partial charge in [-0.2, -0.15) is 0 Å². The van der Waals surface area contributed by atoms with Gasteiger partial charge in [0.25, 0.3) is 5.91 Å². The summed E-state index contributed by atoms with van der Waals surface area (Å²) >= 11 is 3.20. The number of aromatic nitrogens is 1. The number of nitrogens with one attached hydrogen (secondary N) is 3. The number of ether oxygens (including phenoxy) is 1. The van der Waals surface area contributed by atoms with Crippen LogP contribution in [0.15, 0.2) is 41.0 Å². The largest absolute Gasteiger partial charge is 0.451 e. The number of aromatic amines is 1. The molecule has 3 N–H and O–H groups in total. The van der Waals surface area contributed by atoms with Crippen molar-refractivity contribution in [2.24, 2.45) is 0 Å². The predicted octanol–water partition coefficient (Wildman–Crippen LogP) is 2.53. The number of esters is 1. The summed E-state index contributed by atoms with van der Waals surface area (Å²) in [4.78, 5) is 37.0. The lowest BCUT2D eigenvalue weighted by atomic mass is 10.2. The van der Waals surface area contributed by atoms with Gasteiger partial charge in [-0.3, -0.25) is 9.59 Å². The summed E-state index contributed by atoms with van der Waals surface area (Å²) in [5.41, 5.74) is 1.41. The Balaban J connectivity index is 1.82. The van der Waals surface area contributed by atoms with Crippen molar-refractivity contribution in [3.05, 3.63) is 46.7 Å². The van der Waals surface area contributed by atoms with Gasteiger partial charge in [-0.1, -0.05) is 0 Å². The fraction of sp³-hybridized carbons (Fsp3) is 0.133. The number of anilines is 2. The van der Waals surface area contributed by atoms with E-state index in [1.165, 1.54) is 6.92 Å². The Kier molecular flexibility index (Phi) is 5.53. The Morgan fingerprint density at radius 3 is 2.26 bits per heavy atom. The van der Waals surface area contributed by atoms with Gasteiger partial charge in [-0.25, -0.2) is 4.79 Å². The number of H-pyrrole nitrogens is 1. The van der Waals surface area contributed by atoms with Gasteiger partial charge in [0, 0.05) is 29.0 Å². The summed E-state index contributed by atoms with van der Waals surface area (Å²) in [6.07, 6.45) is 1.59. The lowest BCUT2D eigenvalue weighted by Crippen LogP contribution is -2.21. The quantitative estimate of drug-likeness (QED) is 0.694. The predicted molar refractivity (Wildman–Crippen MR) is 88.2 cm³/mol. The van der Waals surface area contributed by atoms with Crippen molar-refractivity contribution in [3.8, 4) is 0 Å². The van der Waals surface area contributed by atoms with Crippen LogP contribution in [-0.2, 0) is 14.3 Å². The number of carbonyl (C=O) groups is 3. The van der Waals surface area contributed by atoms with Crippen molar-refractivity contribution in [3.63, 3.8) is 0 Å². The van der Waals surface area contributed by atoms with E-state index in [4.69, 9.17) is 4.74 Å².